The van der Waals surface area contributed by atoms with Gasteiger partial charge in [0.2, 0.25) is 5.43 Å². The van der Waals surface area contributed by atoms with Crippen molar-refractivity contribution in [1.82, 2.24) is 0 Å². The summed E-state index contributed by atoms with van der Waals surface area (Å²) in [5.74, 6) is 0.213. The highest BCUT2D eigenvalue weighted by atomic mass is 79.9. The summed E-state index contributed by atoms with van der Waals surface area (Å²) < 4.78 is 11.9. The average molecular weight is 422 g/mol. The summed E-state index contributed by atoms with van der Waals surface area (Å²) in [7, 11) is 0. The van der Waals surface area contributed by atoms with Gasteiger partial charge < -0.3 is 9.15 Å². The van der Waals surface area contributed by atoms with Gasteiger partial charge in [0.15, 0.2) is 0 Å². The molecule has 0 aliphatic carbocycles. The van der Waals surface area contributed by atoms with Gasteiger partial charge in [-0.1, -0.05) is 28.1 Å². The molecule has 1 atom stereocenters. The number of carbonyl (C=O) groups is 1. The standard InChI is InChI=1S/C19H14BrClO4/c1-10(21)19(23)25-14-7-8-15-16(9-14)24-11(2)17(18(15)22)12-3-5-13(20)6-4-12/h3-10H,1-2H3. The zero-order valence-electron chi connectivity index (χ0n) is 13.5. The van der Waals surface area contributed by atoms with Crippen LogP contribution in [0.4, 0.5) is 0 Å². The lowest BCUT2D eigenvalue weighted by Gasteiger charge is -2.09. The number of hydrogen-bond acceptors (Lipinski definition) is 4. The third-order valence-corrected chi connectivity index (χ3v) is 4.42. The monoisotopic (exact) mass is 420 g/mol. The maximum absolute atomic E-state index is 12.9. The van der Waals surface area contributed by atoms with E-state index in [1.165, 1.54) is 13.0 Å². The van der Waals surface area contributed by atoms with Gasteiger partial charge in [-0.25, -0.2) is 0 Å². The SMILES string of the molecule is Cc1oc2cc(OC(=O)C(C)Cl)ccc2c(=O)c1-c1ccc(Br)cc1. The molecule has 1 unspecified atom stereocenters. The van der Waals surface area contributed by atoms with Crippen LogP contribution in [0.5, 0.6) is 5.75 Å². The lowest BCUT2D eigenvalue weighted by molar-refractivity contribution is -0.133. The van der Waals surface area contributed by atoms with Crippen LogP contribution in [0.15, 0.2) is 56.1 Å². The summed E-state index contributed by atoms with van der Waals surface area (Å²) in [6, 6.07) is 12.1. The van der Waals surface area contributed by atoms with Crippen LogP contribution in [-0.2, 0) is 4.79 Å². The molecule has 6 heteroatoms. The zero-order chi connectivity index (χ0) is 18.1. The van der Waals surface area contributed by atoms with Crippen LogP contribution in [0.2, 0.25) is 0 Å². The van der Waals surface area contributed by atoms with Gasteiger partial charge in [-0.2, -0.15) is 0 Å². The molecular weight excluding hydrogens is 408 g/mol. The normalized spacial score (nSPS) is 12.2. The lowest BCUT2D eigenvalue weighted by atomic mass is 10.0. The smallest absolute Gasteiger partial charge is 0.329 e. The molecule has 1 heterocycles. The van der Waals surface area contributed by atoms with Crippen molar-refractivity contribution in [2.45, 2.75) is 19.2 Å². The van der Waals surface area contributed by atoms with E-state index in [1.54, 1.807) is 19.1 Å². The number of halogens is 2. The molecule has 128 valence electrons. The summed E-state index contributed by atoms with van der Waals surface area (Å²) in [5, 5.41) is -0.341. The first-order valence-electron chi connectivity index (χ1n) is 7.56. The molecule has 0 fully saturated rings. The number of carbonyl (C=O) groups excluding carboxylic acids is 1. The van der Waals surface area contributed by atoms with Crippen molar-refractivity contribution >= 4 is 44.5 Å². The van der Waals surface area contributed by atoms with E-state index < -0.39 is 11.3 Å². The second-order valence-electron chi connectivity index (χ2n) is 5.56. The topological polar surface area (TPSA) is 56.5 Å². The molecule has 0 bridgehead atoms. The van der Waals surface area contributed by atoms with Crippen LogP contribution >= 0.6 is 27.5 Å². The van der Waals surface area contributed by atoms with Gasteiger partial charge in [0, 0.05) is 10.5 Å². The number of hydrogen-bond donors (Lipinski definition) is 0. The van der Waals surface area contributed by atoms with Crippen LogP contribution in [0.25, 0.3) is 22.1 Å². The number of fused-ring (bicyclic) bond motifs is 1. The van der Waals surface area contributed by atoms with Crippen LogP contribution in [0.1, 0.15) is 12.7 Å². The number of rotatable bonds is 3. The van der Waals surface area contributed by atoms with E-state index in [-0.39, 0.29) is 11.2 Å². The van der Waals surface area contributed by atoms with E-state index in [0.29, 0.717) is 22.3 Å². The highest BCUT2D eigenvalue weighted by Gasteiger charge is 2.16. The Bertz CT molecular complexity index is 1010. The average Bonchev–Trinajstić information content (AvgIpc) is 2.56. The van der Waals surface area contributed by atoms with E-state index in [1.807, 2.05) is 24.3 Å². The van der Waals surface area contributed by atoms with E-state index in [2.05, 4.69) is 15.9 Å². The van der Waals surface area contributed by atoms with Gasteiger partial charge in [-0.15, -0.1) is 11.6 Å². The molecule has 0 aliphatic rings. The number of ether oxygens (including phenoxy) is 1. The molecule has 0 aliphatic heterocycles. The third kappa shape index (κ3) is 3.62. The molecule has 3 aromatic rings. The lowest BCUT2D eigenvalue weighted by Crippen LogP contribution is -2.17. The number of aryl methyl sites for hydroxylation is 1. The first-order chi connectivity index (χ1) is 11.9. The van der Waals surface area contributed by atoms with Crippen molar-refractivity contribution in [2.75, 3.05) is 0 Å². The van der Waals surface area contributed by atoms with Gasteiger partial charge >= 0.3 is 5.97 Å². The predicted molar refractivity (Wildman–Crippen MR) is 101 cm³/mol. The second kappa shape index (κ2) is 7.02. The van der Waals surface area contributed by atoms with E-state index in [9.17, 15) is 9.59 Å². The molecule has 3 rings (SSSR count). The fourth-order valence-electron chi connectivity index (χ4n) is 2.50. The highest BCUT2D eigenvalue weighted by Crippen LogP contribution is 2.27. The molecule has 0 saturated heterocycles. The first kappa shape index (κ1) is 17.7. The minimum atomic E-state index is -0.760. The fourth-order valence-corrected chi connectivity index (χ4v) is 2.81. The molecule has 4 nitrogen and oxygen atoms in total. The minimum absolute atomic E-state index is 0.135. The van der Waals surface area contributed by atoms with Crippen molar-refractivity contribution in [1.29, 1.82) is 0 Å². The molecule has 0 spiro atoms. The number of alkyl halides is 1. The Labute approximate surface area is 157 Å². The minimum Gasteiger partial charge on any atom is -0.460 e. The predicted octanol–water partition coefficient (Wildman–Crippen LogP) is 5.06. The van der Waals surface area contributed by atoms with Gasteiger partial charge in [-0.05, 0) is 43.7 Å². The highest BCUT2D eigenvalue weighted by molar-refractivity contribution is 9.10. The van der Waals surface area contributed by atoms with Gasteiger partial charge in [0.1, 0.15) is 22.5 Å². The summed E-state index contributed by atoms with van der Waals surface area (Å²) in [5.41, 5.74) is 1.52. The Kier molecular flexibility index (Phi) is 4.97. The van der Waals surface area contributed by atoms with E-state index in [4.69, 9.17) is 20.8 Å². The van der Waals surface area contributed by atoms with Crippen molar-refractivity contribution in [3.63, 3.8) is 0 Å². The van der Waals surface area contributed by atoms with Gasteiger partial charge in [-0.3, -0.25) is 9.59 Å². The molecule has 0 saturated carbocycles. The van der Waals surface area contributed by atoms with Crippen LogP contribution < -0.4 is 10.2 Å². The maximum Gasteiger partial charge on any atom is 0.329 e. The maximum atomic E-state index is 12.9. The molecule has 0 N–H and O–H groups in total. The molecule has 1 aromatic heterocycles. The van der Waals surface area contributed by atoms with Crippen molar-refractivity contribution in [2.24, 2.45) is 0 Å². The molecule has 25 heavy (non-hydrogen) atoms. The van der Waals surface area contributed by atoms with Crippen LogP contribution in [-0.4, -0.2) is 11.3 Å². The van der Waals surface area contributed by atoms with E-state index >= 15 is 0 Å². The zero-order valence-corrected chi connectivity index (χ0v) is 15.8. The van der Waals surface area contributed by atoms with Crippen LogP contribution in [0.3, 0.4) is 0 Å². The summed E-state index contributed by atoms with van der Waals surface area (Å²) >= 11 is 9.08. The fraction of sp³-hybridized carbons (Fsp3) is 0.158. The number of benzene rings is 2. The van der Waals surface area contributed by atoms with Crippen molar-refractivity contribution < 1.29 is 13.9 Å². The summed E-state index contributed by atoms with van der Waals surface area (Å²) in [6.45, 7) is 3.26. The molecule has 0 radical (unpaired) electrons. The quantitative estimate of drug-likeness (QED) is 0.337. The van der Waals surface area contributed by atoms with Crippen LogP contribution in [0, 0.1) is 6.92 Å². The Balaban J connectivity index is 2.10. The summed E-state index contributed by atoms with van der Waals surface area (Å²) in [4.78, 5) is 24.5. The number of esters is 1. The summed E-state index contributed by atoms with van der Waals surface area (Å²) in [6.07, 6.45) is 0. The van der Waals surface area contributed by atoms with Crippen molar-refractivity contribution in [3.8, 4) is 16.9 Å². The van der Waals surface area contributed by atoms with E-state index in [0.717, 1.165) is 10.0 Å². The van der Waals surface area contributed by atoms with Gasteiger partial charge in [0.05, 0.1) is 10.9 Å². The largest absolute Gasteiger partial charge is 0.460 e. The second-order valence-corrected chi connectivity index (χ2v) is 7.13. The van der Waals surface area contributed by atoms with Crippen molar-refractivity contribution in [3.05, 3.63) is 62.9 Å². The Morgan fingerprint density at radius 2 is 1.88 bits per heavy atom. The Morgan fingerprint density at radius 3 is 2.52 bits per heavy atom. The van der Waals surface area contributed by atoms with Gasteiger partial charge in [0.25, 0.3) is 0 Å². The Hall–Kier alpha value is -2.11. The molecular formula is C19H14BrClO4. The first-order valence-corrected chi connectivity index (χ1v) is 8.79. The molecule has 2 aromatic carbocycles. The molecule has 0 amide bonds. The third-order valence-electron chi connectivity index (χ3n) is 3.72. The Morgan fingerprint density at radius 1 is 1.20 bits per heavy atom.